The average Bonchev–Trinajstić information content (AvgIpc) is 2.74. The van der Waals surface area contributed by atoms with Crippen molar-refractivity contribution in [3.05, 3.63) is 26.9 Å². The van der Waals surface area contributed by atoms with Crippen molar-refractivity contribution in [3.8, 4) is 0 Å². The number of ether oxygens (including phenoxy) is 1. The standard InChI is InChI=1S/C10H15FN2O12P2S/c11-10(3-23-27(21,22)25-26(18,19)20)6(16)5(15)8(24-10)13-1-4(2-14)7(17)12-9(13)28/h1,5-6,8,14-16H,2-3H2,(H,21,22)(H,12,17,28)(H2,18,19,20)/t5-,6+,8-,10-/m1/s1/i3D2,8D. The zero-order chi connectivity index (χ0) is 24.2. The lowest BCUT2D eigenvalue weighted by molar-refractivity contribution is -0.204. The lowest BCUT2D eigenvalue weighted by atomic mass is 10.1. The van der Waals surface area contributed by atoms with E-state index < -0.39 is 69.0 Å². The molecule has 28 heavy (non-hydrogen) atoms. The topological polar surface area (TPSA) is 221 Å². The van der Waals surface area contributed by atoms with Crippen LogP contribution in [0.5, 0.6) is 0 Å². The number of nitrogens with one attached hydrogen (secondary N) is 1. The molecule has 2 rings (SSSR count). The summed E-state index contributed by atoms with van der Waals surface area (Å²) >= 11 is 4.76. The first-order valence-corrected chi connectivity index (χ1v) is 10.2. The number of aliphatic hydroxyl groups excluding tert-OH is 3. The molecule has 1 aliphatic rings. The second kappa shape index (κ2) is 8.10. The number of phosphoric acid groups is 2. The van der Waals surface area contributed by atoms with E-state index in [0.29, 0.717) is 10.8 Å². The fourth-order valence-electron chi connectivity index (χ4n) is 1.94. The van der Waals surface area contributed by atoms with E-state index in [4.69, 9.17) is 31.2 Å². The SMILES string of the molecule is [2H]C([2H])(OP(=O)(O)OP(=O)(O)O)[C@@]1(F)O[C@@]([2H])(n2cc(CO)c(=O)[nH]c2=S)[C@H](O)[C@@H]1O. The Morgan fingerprint density at radius 3 is 2.61 bits per heavy atom. The van der Waals surface area contributed by atoms with Crippen LogP contribution < -0.4 is 5.56 Å². The van der Waals surface area contributed by atoms with Crippen LogP contribution in [0.3, 0.4) is 0 Å². The first kappa shape index (κ1) is 19.1. The molecule has 0 amide bonds. The summed E-state index contributed by atoms with van der Waals surface area (Å²) in [7, 11) is -11.8. The molecule has 0 aliphatic carbocycles. The number of hydrogen-bond acceptors (Lipinski definition) is 10. The zero-order valence-electron chi connectivity index (χ0n) is 16.2. The van der Waals surface area contributed by atoms with Crippen LogP contribution in [0.15, 0.2) is 11.0 Å². The number of H-pyrrole nitrogens is 1. The number of aliphatic hydroxyl groups is 3. The van der Waals surface area contributed by atoms with Crippen LogP contribution in [0.25, 0.3) is 0 Å². The average molecular weight is 471 g/mol. The predicted molar refractivity (Wildman–Crippen MR) is 86.7 cm³/mol. The van der Waals surface area contributed by atoms with Gasteiger partial charge in [0.05, 0.1) is 16.3 Å². The molecule has 1 saturated heterocycles. The van der Waals surface area contributed by atoms with E-state index in [9.17, 15) is 29.0 Å². The molecular weight excluding hydrogens is 453 g/mol. The molecule has 0 radical (unpaired) electrons. The van der Waals surface area contributed by atoms with Crippen LogP contribution in [-0.4, -0.2) is 64.2 Å². The summed E-state index contributed by atoms with van der Waals surface area (Å²) in [6, 6.07) is 0. The van der Waals surface area contributed by atoms with Crippen molar-refractivity contribution in [2.24, 2.45) is 0 Å². The van der Waals surface area contributed by atoms with Gasteiger partial charge < -0.3 is 34.7 Å². The highest BCUT2D eigenvalue weighted by Gasteiger charge is 2.57. The van der Waals surface area contributed by atoms with Gasteiger partial charge in [-0.15, -0.1) is 0 Å². The maximum Gasteiger partial charge on any atom is 0.481 e. The number of phosphoric ester groups is 1. The maximum absolute atomic E-state index is 15.4. The molecule has 7 N–H and O–H groups in total. The number of hydrogen-bond donors (Lipinski definition) is 7. The molecule has 0 saturated carbocycles. The smallest absolute Gasteiger partial charge is 0.391 e. The highest BCUT2D eigenvalue weighted by atomic mass is 32.1. The van der Waals surface area contributed by atoms with Crippen molar-refractivity contribution < 1.29 is 61.2 Å². The summed E-state index contributed by atoms with van der Waals surface area (Å²) in [5.74, 6) is -4.34. The van der Waals surface area contributed by atoms with Gasteiger partial charge in [0.25, 0.3) is 11.4 Å². The van der Waals surface area contributed by atoms with Gasteiger partial charge in [0, 0.05) is 6.20 Å². The minimum Gasteiger partial charge on any atom is -0.391 e. The molecule has 2 heterocycles. The molecule has 1 aromatic heterocycles. The van der Waals surface area contributed by atoms with Crippen LogP contribution in [0.4, 0.5) is 4.39 Å². The second-order valence-electron chi connectivity index (χ2n) is 5.15. The number of alkyl halides is 1. The molecule has 18 heteroatoms. The predicted octanol–water partition coefficient (Wildman–Crippen LogP) is -1.46. The van der Waals surface area contributed by atoms with E-state index in [0.717, 1.165) is 0 Å². The molecule has 1 unspecified atom stereocenters. The first-order chi connectivity index (χ1) is 13.8. The quantitative estimate of drug-likeness (QED) is 0.179. The second-order valence-corrected chi connectivity index (χ2v) is 8.29. The molecule has 1 aliphatic heterocycles. The Bertz CT molecular complexity index is 1080. The number of aromatic amines is 1. The van der Waals surface area contributed by atoms with E-state index in [1.807, 2.05) is 4.98 Å². The molecule has 0 bridgehead atoms. The van der Waals surface area contributed by atoms with Crippen molar-refractivity contribution in [3.63, 3.8) is 0 Å². The molecule has 1 aromatic rings. The van der Waals surface area contributed by atoms with Gasteiger partial charge in [-0.2, -0.15) is 4.31 Å². The minimum atomic E-state index is -6.04. The normalized spacial score (nSPS) is 35.0. The number of rotatable bonds is 7. The summed E-state index contributed by atoms with van der Waals surface area (Å²) in [4.78, 5) is 40.0. The van der Waals surface area contributed by atoms with Gasteiger partial charge in [0.2, 0.25) is 0 Å². The fraction of sp³-hybridized carbons (Fsp3) is 0.600. The van der Waals surface area contributed by atoms with Crippen molar-refractivity contribution in [1.82, 2.24) is 9.55 Å². The van der Waals surface area contributed by atoms with Gasteiger partial charge in [-0.3, -0.25) is 18.9 Å². The molecule has 0 spiro atoms. The number of halogens is 1. The largest absolute Gasteiger partial charge is 0.481 e. The number of nitrogens with zero attached hydrogens (tertiary/aromatic N) is 1. The molecule has 14 nitrogen and oxygen atoms in total. The van der Waals surface area contributed by atoms with Crippen molar-refractivity contribution >= 4 is 27.9 Å². The van der Waals surface area contributed by atoms with E-state index in [2.05, 4.69) is 13.6 Å². The summed E-state index contributed by atoms with van der Waals surface area (Å²) < 4.78 is 72.1. The van der Waals surface area contributed by atoms with Crippen LogP contribution >= 0.6 is 27.9 Å². The summed E-state index contributed by atoms with van der Waals surface area (Å²) in [5, 5.41) is 29.4. The highest BCUT2D eigenvalue weighted by Crippen LogP contribution is 2.58. The Morgan fingerprint density at radius 2 is 2.07 bits per heavy atom. The first-order valence-electron chi connectivity index (χ1n) is 8.31. The minimum absolute atomic E-state index is 0.339. The Labute approximate surface area is 163 Å². The number of aromatic nitrogens is 2. The van der Waals surface area contributed by atoms with Crippen LogP contribution in [0.2, 0.25) is 0 Å². The third-order valence-corrected chi connectivity index (χ3v) is 5.42. The van der Waals surface area contributed by atoms with Gasteiger partial charge in [-0.05, 0) is 12.2 Å². The van der Waals surface area contributed by atoms with Crippen molar-refractivity contribution in [1.29, 1.82) is 0 Å². The fourth-order valence-corrected chi connectivity index (χ4v) is 3.63. The van der Waals surface area contributed by atoms with Crippen LogP contribution in [-0.2, 0) is 29.3 Å². The van der Waals surface area contributed by atoms with E-state index in [1.165, 1.54) is 0 Å². The van der Waals surface area contributed by atoms with Gasteiger partial charge in [0.1, 0.15) is 18.8 Å². The van der Waals surface area contributed by atoms with Gasteiger partial charge in [-0.1, -0.05) is 0 Å². The summed E-state index contributed by atoms with van der Waals surface area (Å²) in [6.45, 7) is -5.20. The Hall–Kier alpha value is -0.870. The Balaban J connectivity index is 2.53. The Kier molecular flexibility index (Phi) is 5.53. The van der Waals surface area contributed by atoms with E-state index in [-0.39, 0.29) is 0 Å². The third-order valence-electron chi connectivity index (χ3n) is 3.12. The van der Waals surface area contributed by atoms with Gasteiger partial charge in [-0.25, -0.2) is 13.5 Å². The molecule has 0 aromatic carbocycles. The Morgan fingerprint density at radius 1 is 1.46 bits per heavy atom. The van der Waals surface area contributed by atoms with Crippen LogP contribution in [0.1, 0.15) is 15.9 Å². The van der Waals surface area contributed by atoms with Crippen molar-refractivity contribution in [2.45, 2.75) is 30.9 Å². The monoisotopic (exact) mass is 471 g/mol. The molecule has 1 fully saturated rings. The van der Waals surface area contributed by atoms with Crippen molar-refractivity contribution in [2.75, 3.05) is 6.56 Å². The summed E-state index contributed by atoms with van der Waals surface area (Å²) in [6.07, 6.45) is -8.32. The molecule has 5 atom stereocenters. The molecular formula is C10H15FN2O12P2S. The van der Waals surface area contributed by atoms with Crippen LogP contribution in [0, 0.1) is 4.77 Å². The van der Waals surface area contributed by atoms with E-state index >= 15 is 4.39 Å². The van der Waals surface area contributed by atoms with E-state index in [1.54, 1.807) is 0 Å². The van der Waals surface area contributed by atoms with Gasteiger partial charge in [0.15, 0.2) is 11.0 Å². The maximum atomic E-state index is 15.4. The lowest BCUT2D eigenvalue weighted by Gasteiger charge is -2.24. The third kappa shape index (κ3) is 5.18. The highest BCUT2D eigenvalue weighted by molar-refractivity contribution is 7.71. The zero-order valence-corrected chi connectivity index (χ0v) is 15.8. The van der Waals surface area contributed by atoms with Gasteiger partial charge >= 0.3 is 15.6 Å². The summed E-state index contributed by atoms with van der Waals surface area (Å²) in [5.41, 5.74) is -1.39. The molecule has 160 valence electrons. The lowest BCUT2D eigenvalue weighted by Crippen LogP contribution is -2.42.